The highest BCUT2D eigenvalue weighted by Crippen LogP contribution is 2.31. The molecule has 3 nitrogen and oxygen atoms in total. The fourth-order valence-corrected chi connectivity index (χ4v) is 2.61. The lowest BCUT2D eigenvalue weighted by Crippen LogP contribution is -2.31. The predicted molar refractivity (Wildman–Crippen MR) is 69.5 cm³/mol. The summed E-state index contributed by atoms with van der Waals surface area (Å²) in [7, 11) is 0. The Balaban J connectivity index is 1.91. The van der Waals surface area contributed by atoms with E-state index >= 15 is 0 Å². The Morgan fingerprint density at radius 2 is 2.33 bits per heavy atom. The van der Waals surface area contributed by atoms with Gasteiger partial charge in [0.05, 0.1) is 11.6 Å². The maximum atomic E-state index is 12.0. The van der Waals surface area contributed by atoms with Crippen molar-refractivity contribution in [1.29, 1.82) is 5.26 Å². The van der Waals surface area contributed by atoms with Crippen molar-refractivity contribution in [2.75, 3.05) is 0 Å². The largest absolute Gasteiger partial charge is 0.352 e. The van der Waals surface area contributed by atoms with Gasteiger partial charge in [0.15, 0.2) is 0 Å². The van der Waals surface area contributed by atoms with Gasteiger partial charge in [-0.25, -0.2) is 0 Å². The number of hydrogen-bond donors (Lipinski definition) is 1. The summed E-state index contributed by atoms with van der Waals surface area (Å²) >= 11 is 0. The van der Waals surface area contributed by atoms with Crippen LogP contribution in [0.15, 0.2) is 24.3 Å². The minimum absolute atomic E-state index is 0.155. The Morgan fingerprint density at radius 1 is 1.50 bits per heavy atom. The van der Waals surface area contributed by atoms with E-state index in [1.807, 2.05) is 18.2 Å². The molecule has 3 heteroatoms. The summed E-state index contributed by atoms with van der Waals surface area (Å²) < 4.78 is 0. The molecule has 0 saturated heterocycles. The second kappa shape index (κ2) is 5.68. The number of benzene rings is 1. The van der Waals surface area contributed by atoms with E-state index < -0.39 is 0 Å². The number of amides is 1. The number of nitrogens with zero attached hydrogens (tertiary/aromatic N) is 1. The third-order valence-electron chi connectivity index (χ3n) is 3.72. The van der Waals surface area contributed by atoms with E-state index in [1.54, 1.807) is 6.07 Å². The first-order valence-electron chi connectivity index (χ1n) is 6.47. The molecule has 18 heavy (non-hydrogen) atoms. The minimum atomic E-state index is 0.155. The molecule has 0 bridgehead atoms. The van der Waals surface area contributed by atoms with Gasteiger partial charge in [-0.2, -0.15) is 5.26 Å². The van der Waals surface area contributed by atoms with Crippen LogP contribution in [0.3, 0.4) is 0 Å². The molecule has 0 radical (unpaired) electrons. The van der Waals surface area contributed by atoms with Gasteiger partial charge in [0.2, 0.25) is 5.91 Å². The second-order valence-corrected chi connectivity index (χ2v) is 5.04. The Hall–Kier alpha value is -1.82. The summed E-state index contributed by atoms with van der Waals surface area (Å²) in [6, 6.07) is 9.47. The Labute approximate surface area is 108 Å². The van der Waals surface area contributed by atoms with Gasteiger partial charge < -0.3 is 5.32 Å². The van der Waals surface area contributed by atoms with Crippen molar-refractivity contribution in [1.82, 2.24) is 5.32 Å². The SMILES string of the molecule is CC1CCCC1C(=O)NCc1cccc(C#N)c1. The van der Waals surface area contributed by atoms with E-state index in [2.05, 4.69) is 18.3 Å². The highest BCUT2D eigenvalue weighted by molar-refractivity contribution is 5.79. The summed E-state index contributed by atoms with van der Waals surface area (Å²) in [4.78, 5) is 12.0. The zero-order chi connectivity index (χ0) is 13.0. The van der Waals surface area contributed by atoms with Crippen LogP contribution < -0.4 is 5.32 Å². The zero-order valence-electron chi connectivity index (χ0n) is 10.6. The van der Waals surface area contributed by atoms with Gasteiger partial charge in [-0.15, -0.1) is 0 Å². The molecule has 1 fully saturated rings. The molecule has 1 aliphatic rings. The Bertz CT molecular complexity index is 476. The smallest absolute Gasteiger partial charge is 0.223 e. The quantitative estimate of drug-likeness (QED) is 0.885. The summed E-state index contributed by atoms with van der Waals surface area (Å²) in [5.41, 5.74) is 1.61. The second-order valence-electron chi connectivity index (χ2n) is 5.04. The molecule has 0 heterocycles. The predicted octanol–water partition coefficient (Wildman–Crippen LogP) is 2.61. The van der Waals surface area contributed by atoms with Crippen LogP contribution in [-0.2, 0) is 11.3 Å². The Morgan fingerprint density at radius 3 is 3.00 bits per heavy atom. The number of nitrogens with one attached hydrogen (secondary N) is 1. The molecule has 0 spiro atoms. The molecule has 0 aromatic heterocycles. The molecule has 1 aromatic carbocycles. The molecule has 1 aromatic rings. The van der Waals surface area contributed by atoms with Crippen LogP contribution in [0, 0.1) is 23.2 Å². The van der Waals surface area contributed by atoms with Crippen molar-refractivity contribution < 1.29 is 4.79 Å². The first-order valence-corrected chi connectivity index (χ1v) is 6.47. The van der Waals surface area contributed by atoms with E-state index in [4.69, 9.17) is 5.26 Å². The van der Waals surface area contributed by atoms with Crippen LogP contribution in [0.5, 0.6) is 0 Å². The lowest BCUT2D eigenvalue weighted by molar-refractivity contribution is -0.126. The van der Waals surface area contributed by atoms with E-state index in [9.17, 15) is 4.79 Å². The van der Waals surface area contributed by atoms with Crippen molar-refractivity contribution in [2.45, 2.75) is 32.7 Å². The van der Waals surface area contributed by atoms with Gasteiger partial charge in [-0.1, -0.05) is 25.5 Å². The highest BCUT2D eigenvalue weighted by atomic mass is 16.1. The summed E-state index contributed by atoms with van der Waals surface area (Å²) in [6.45, 7) is 2.66. The average molecular weight is 242 g/mol. The fourth-order valence-electron chi connectivity index (χ4n) is 2.61. The third kappa shape index (κ3) is 2.89. The van der Waals surface area contributed by atoms with E-state index in [0.29, 0.717) is 18.0 Å². The first-order chi connectivity index (χ1) is 8.70. The number of carbonyl (C=O) groups is 1. The molecule has 1 amide bonds. The molecule has 1 saturated carbocycles. The van der Waals surface area contributed by atoms with Gasteiger partial charge >= 0.3 is 0 Å². The van der Waals surface area contributed by atoms with Crippen molar-refractivity contribution in [3.63, 3.8) is 0 Å². The molecule has 2 unspecified atom stereocenters. The normalized spacial score (nSPS) is 22.4. The van der Waals surface area contributed by atoms with Crippen LogP contribution >= 0.6 is 0 Å². The van der Waals surface area contributed by atoms with Crippen molar-refractivity contribution in [2.24, 2.45) is 11.8 Å². The van der Waals surface area contributed by atoms with Crippen LogP contribution in [0.1, 0.15) is 37.3 Å². The Kier molecular flexibility index (Phi) is 3.99. The van der Waals surface area contributed by atoms with Gasteiger partial charge in [0, 0.05) is 12.5 Å². The maximum absolute atomic E-state index is 12.0. The summed E-state index contributed by atoms with van der Waals surface area (Å²) in [6.07, 6.45) is 3.32. The summed E-state index contributed by atoms with van der Waals surface area (Å²) in [5, 5.41) is 11.8. The molecule has 1 aliphatic carbocycles. The van der Waals surface area contributed by atoms with Crippen molar-refractivity contribution in [3.05, 3.63) is 35.4 Å². The van der Waals surface area contributed by atoms with E-state index in [1.165, 1.54) is 0 Å². The molecule has 2 rings (SSSR count). The van der Waals surface area contributed by atoms with Gasteiger partial charge in [-0.05, 0) is 36.5 Å². The molecule has 0 aliphatic heterocycles. The zero-order valence-corrected chi connectivity index (χ0v) is 10.6. The minimum Gasteiger partial charge on any atom is -0.352 e. The molecule has 1 N–H and O–H groups in total. The lowest BCUT2D eigenvalue weighted by atomic mass is 9.97. The fraction of sp³-hybridized carbons (Fsp3) is 0.467. The van der Waals surface area contributed by atoms with Crippen LogP contribution in [-0.4, -0.2) is 5.91 Å². The third-order valence-corrected chi connectivity index (χ3v) is 3.72. The topological polar surface area (TPSA) is 52.9 Å². The summed E-state index contributed by atoms with van der Waals surface area (Å²) in [5.74, 6) is 0.821. The monoisotopic (exact) mass is 242 g/mol. The van der Waals surface area contributed by atoms with Crippen LogP contribution in [0.2, 0.25) is 0 Å². The first kappa shape index (κ1) is 12.6. The lowest BCUT2D eigenvalue weighted by Gasteiger charge is -2.15. The maximum Gasteiger partial charge on any atom is 0.223 e. The van der Waals surface area contributed by atoms with Gasteiger partial charge in [-0.3, -0.25) is 4.79 Å². The molecule has 94 valence electrons. The molecular formula is C15H18N2O. The van der Waals surface area contributed by atoms with Crippen LogP contribution in [0.25, 0.3) is 0 Å². The number of hydrogen-bond acceptors (Lipinski definition) is 2. The van der Waals surface area contributed by atoms with Crippen LogP contribution in [0.4, 0.5) is 0 Å². The average Bonchev–Trinajstić information content (AvgIpc) is 2.82. The van der Waals surface area contributed by atoms with E-state index in [-0.39, 0.29) is 11.8 Å². The number of nitriles is 1. The highest BCUT2D eigenvalue weighted by Gasteiger charge is 2.29. The van der Waals surface area contributed by atoms with Gasteiger partial charge in [0.25, 0.3) is 0 Å². The van der Waals surface area contributed by atoms with Crippen molar-refractivity contribution >= 4 is 5.91 Å². The van der Waals surface area contributed by atoms with E-state index in [0.717, 1.165) is 24.8 Å². The molecule has 2 atom stereocenters. The van der Waals surface area contributed by atoms with Crippen molar-refractivity contribution in [3.8, 4) is 6.07 Å². The molecular weight excluding hydrogens is 224 g/mol. The number of rotatable bonds is 3. The standard InChI is InChI=1S/C15H18N2O/c1-11-4-2-7-14(11)15(18)17-10-13-6-3-5-12(8-13)9-16/h3,5-6,8,11,14H,2,4,7,10H2,1H3,(H,17,18). The van der Waals surface area contributed by atoms with Gasteiger partial charge in [0.1, 0.15) is 0 Å². The number of carbonyl (C=O) groups excluding carboxylic acids is 1.